The summed E-state index contributed by atoms with van der Waals surface area (Å²) in [5.74, 6) is 1.60. The number of halogens is 1. The van der Waals surface area contributed by atoms with E-state index in [-0.39, 0.29) is 0 Å². The van der Waals surface area contributed by atoms with E-state index in [0.29, 0.717) is 0 Å². The van der Waals surface area contributed by atoms with E-state index in [0.717, 1.165) is 28.9 Å². The van der Waals surface area contributed by atoms with E-state index >= 15 is 0 Å². The Balaban J connectivity index is 1.80. The number of thiophene rings is 1. The van der Waals surface area contributed by atoms with Crippen molar-refractivity contribution in [2.24, 2.45) is 0 Å². The minimum atomic E-state index is 0.787. The molecule has 0 aliphatic rings. The van der Waals surface area contributed by atoms with Gasteiger partial charge in [-0.15, -0.1) is 11.3 Å². The van der Waals surface area contributed by atoms with E-state index in [2.05, 4.69) is 10.5 Å². The summed E-state index contributed by atoms with van der Waals surface area (Å²) in [6.45, 7) is 2.71. The zero-order valence-corrected chi connectivity index (χ0v) is 9.86. The van der Waals surface area contributed by atoms with Crippen LogP contribution in [0.4, 0.5) is 5.82 Å². The molecular formula is C10H11ClN2OS. The Kier molecular flexibility index (Phi) is 3.28. The maximum Gasteiger partial charge on any atom is 0.169 e. The van der Waals surface area contributed by atoms with Crippen LogP contribution in [0.1, 0.15) is 10.6 Å². The van der Waals surface area contributed by atoms with E-state index in [9.17, 15) is 0 Å². The van der Waals surface area contributed by atoms with Crippen LogP contribution in [0.25, 0.3) is 0 Å². The van der Waals surface area contributed by atoms with Gasteiger partial charge in [-0.25, -0.2) is 0 Å². The second-order valence-electron chi connectivity index (χ2n) is 3.21. The van der Waals surface area contributed by atoms with Crippen molar-refractivity contribution in [2.75, 3.05) is 11.9 Å². The van der Waals surface area contributed by atoms with Gasteiger partial charge >= 0.3 is 0 Å². The Labute approximate surface area is 97.0 Å². The Morgan fingerprint density at radius 2 is 2.40 bits per heavy atom. The van der Waals surface area contributed by atoms with Crippen molar-refractivity contribution in [3.8, 4) is 0 Å². The highest BCUT2D eigenvalue weighted by Gasteiger charge is 2.00. The number of nitrogens with one attached hydrogen (secondary N) is 1. The van der Waals surface area contributed by atoms with Gasteiger partial charge in [-0.1, -0.05) is 16.8 Å². The summed E-state index contributed by atoms with van der Waals surface area (Å²) in [7, 11) is 0. The highest BCUT2D eigenvalue weighted by molar-refractivity contribution is 7.16. The Bertz CT molecular complexity index is 398. The van der Waals surface area contributed by atoms with E-state index in [4.69, 9.17) is 16.1 Å². The van der Waals surface area contributed by atoms with Gasteiger partial charge in [-0.05, 0) is 25.5 Å². The Hall–Kier alpha value is -1.00. The zero-order chi connectivity index (χ0) is 10.7. The molecule has 2 aromatic heterocycles. The molecule has 3 nitrogen and oxygen atoms in total. The van der Waals surface area contributed by atoms with Gasteiger partial charge in [0.1, 0.15) is 5.76 Å². The average Bonchev–Trinajstić information content (AvgIpc) is 2.76. The van der Waals surface area contributed by atoms with Gasteiger partial charge in [0.15, 0.2) is 5.82 Å². The van der Waals surface area contributed by atoms with Crippen LogP contribution in [-0.4, -0.2) is 11.7 Å². The molecule has 0 radical (unpaired) electrons. The van der Waals surface area contributed by atoms with Crippen molar-refractivity contribution in [1.82, 2.24) is 5.16 Å². The van der Waals surface area contributed by atoms with Gasteiger partial charge in [-0.2, -0.15) is 0 Å². The summed E-state index contributed by atoms with van der Waals surface area (Å²) in [5, 5.41) is 7.03. The van der Waals surface area contributed by atoms with Crippen LogP contribution >= 0.6 is 22.9 Å². The number of aromatic nitrogens is 1. The average molecular weight is 243 g/mol. The molecule has 0 bridgehead atoms. The summed E-state index contributed by atoms with van der Waals surface area (Å²) < 4.78 is 5.78. The van der Waals surface area contributed by atoms with Gasteiger partial charge in [0.25, 0.3) is 0 Å². The number of aryl methyl sites for hydroxylation is 1. The fraction of sp³-hybridized carbons (Fsp3) is 0.300. The molecule has 0 aliphatic carbocycles. The molecule has 5 heteroatoms. The molecule has 0 fully saturated rings. The van der Waals surface area contributed by atoms with Crippen LogP contribution in [0.2, 0.25) is 4.34 Å². The lowest BCUT2D eigenvalue weighted by Crippen LogP contribution is -2.03. The number of hydrogen-bond acceptors (Lipinski definition) is 4. The van der Waals surface area contributed by atoms with E-state index in [1.54, 1.807) is 11.3 Å². The number of nitrogens with zero attached hydrogens (tertiary/aromatic N) is 1. The normalized spacial score (nSPS) is 10.5. The van der Waals surface area contributed by atoms with Crippen molar-refractivity contribution in [3.05, 3.63) is 33.2 Å². The molecule has 0 aliphatic heterocycles. The summed E-state index contributed by atoms with van der Waals surface area (Å²) in [5.41, 5.74) is 0. The molecule has 0 saturated carbocycles. The first kappa shape index (κ1) is 10.5. The first-order valence-corrected chi connectivity index (χ1v) is 5.85. The summed E-state index contributed by atoms with van der Waals surface area (Å²) in [6.07, 6.45) is 0.948. The molecule has 15 heavy (non-hydrogen) atoms. The second kappa shape index (κ2) is 4.68. The molecule has 0 unspecified atom stereocenters. The third-order valence-corrected chi connectivity index (χ3v) is 3.23. The predicted molar refractivity (Wildman–Crippen MR) is 62.8 cm³/mol. The topological polar surface area (TPSA) is 38.1 Å². The Morgan fingerprint density at radius 1 is 1.53 bits per heavy atom. The SMILES string of the molecule is Cc1cc(NCCc2ccc(Cl)s2)no1. The van der Waals surface area contributed by atoms with E-state index in [1.807, 2.05) is 25.1 Å². The van der Waals surface area contributed by atoms with Crippen LogP contribution in [0.15, 0.2) is 22.7 Å². The molecule has 2 heterocycles. The van der Waals surface area contributed by atoms with Crippen LogP contribution in [0, 0.1) is 6.92 Å². The molecule has 2 aromatic rings. The van der Waals surface area contributed by atoms with Gasteiger partial charge in [0.2, 0.25) is 0 Å². The number of hydrogen-bond donors (Lipinski definition) is 1. The quantitative estimate of drug-likeness (QED) is 0.894. The minimum absolute atomic E-state index is 0.787. The van der Waals surface area contributed by atoms with E-state index in [1.165, 1.54) is 4.88 Å². The van der Waals surface area contributed by atoms with Crippen molar-refractivity contribution in [3.63, 3.8) is 0 Å². The summed E-state index contributed by atoms with van der Waals surface area (Å²) >= 11 is 7.44. The largest absolute Gasteiger partial charge is 0.367 e. The minimum Gasteiger partial charge on any atom is -0.367 e. The van der Waals surface area contributed by atoms with Crippen LogP contribution in [0.5, 0.6) is 0 Å². The zero-order valence-electron chi connectivity index (χ0n) is 8.29. The van der Waals surface area contributed by atoms with Crippen molar-refractivity contribution < 1.29 is 4.52 Å². The van der Waals surface area contributed by atoms with Gasteiger partial charge < -0.3 is 9.84 Å². The fourth-order valence-electron chi connectivity index (χ4n) is 1.25. The molecule has 80 valence electrons. The molecule has 0 amide bonds. The lowest BCUT2D eigenvalue weighted by molar-refractivity contribution is 0.399. The van der Waals surface area contributed by atoms with Gasteiger partial charge in [0, 0.05) is 17.5 Å². The summed E-state index contributed by atoms with van der Waals surface area (Å²) in [4.78, 5) is 1.27. The van der Waals surface area contributed by atoms with Crippen molar-refractivity contribution >= 4 is 28.8 Å². The molecular weight excluding hydrogens is 232 g/mol. The molecule has 1 N–H and O–H groups in total. The van der Waals surface area contributed by atoms with Crippen molar-refractivity contribution in [2.45, 2.75) is 13.3 Å². The smallest absolute Gasteiger partial charge is 0.169 e. The standard InChI is InChI=1S/C10H11ClN2OS/c1-7-6-10(13-14-7)12-5-4-8-2-3-9(11)15-8/h2-3,6H,4-5H2,1H3,(H,12,13). The lowest BCUT2D eigenvalue weighted by Gasteiger charge is -1.99. The highest BCUT2D eigenvalue weighted by atomic mass is 35.5. The molecule has 0 saturated heterocycles. The molecule has 0 aromatic carbocycles. The van der Waals surface area contributed by atoms with Crippen molar-refractivity contribution in [1.29, 1.82) is 0 Å². The fourth-order valence-corrected chi connectivity index (χ4v) is 2.34. The van der Waals surface area contributed by atoms with E-state index < -0.39 is 0 Å². The monoisotopic (exact) mass is 242 g/mol. The maximum atomic E-state index is 5.83. The van der Waals surface area contributed by atoms with Gasteiger partial charge in [0.05, 0.1) is 4.34 Å². The van der Waals surface area contributed by atoms with Crippen LogP contribution in [0.3, 0.4) is 0 Å². The van der Waals surface area contributed by atoms with Crippen LogP contribution in [-0.2, 0) is 6.42 Å². The second-order valence-corrected chi connectivity index (χ2v) is 5.01. The number of anilines is 1. The first-order chi connectivity index (χ1) is 7.24. The first-order valence-electron chi connectivity index (χ1n) is 4.65. The van der Waals surface area contributed by atoms with Crippen LogP contribution < -0.4 is 5.32 Å². The third-order valence-electron chi connectivity index (χ3n) is 1.93. The summed E-state index contributed by atoms with van der Waals surface area (Å²) in [6, 6.07) is 5.84. The highest BCUT2D eigenvalue weighted by Crippen LogP contribution is 2.21. The Morgan fingerprint density at radius 3 is 3.00 bits per heavy atom. The maximum absolute atomic E-state index is 5.83. The van der Waals surface area contributed by atoms with Gasteiger partial charge in [-0.3, -0.25) is 0 Å². The predicted octanol–water partition coefficient (Wildman–Crippen LogP) is 3.35. The lowest BCUT2D eigenvalue weighted by atomic mass is 10.3. The molecule has 0 spiro atoms. The third kappa shape index (κ3) is 2.97. The molecule has 0 atom stereocenters. The molecule has 2 rings (SSSR count). The number of rotatable bonds is 4.